The second-order valence-electron chi connectivity index (χ2n) is 5.71. The van der Waals surface area contributed by atoms with E-state index in [1.54, 1.807) is 0 Å². The number of sulfonamides is 1. The third-order valence-electron chi connectivity index (χ3n) is 3.68. The number of rotatable bonds is 8. The van der Waals surface area contributed by atoms with Crippen molar-refractivity contribution in [3.63, 3.8) is 0 Å². The fraction of sp³-hybridized carbons (Fsp3) is 0.278. The molecule has 0 fully saturated rings. The number of guanidine groups is 1. The lowest BCUT2D eigenvalue weighted by atomic mass is 10.2. The van der Waals surface area contributed by atoms with Gasteiger partial charge in [0.05, 0.1) is 5.75 Å². The Morgan fingerprint density at radius 3 is 2.48 bits per heavy atom. The quantitative estimate of drug-likeness (QED) is 0.469. The topological polar surface area (TPSA) is 82.6 Å². The van der Waals surface area contributed by atoms with Crippen molar-refractivity contribution >= 4 is 16.0 Å². The molecule has 3 N–H and O–H groups in total. The van der Waals surface area contributed by atoms with E-state index in [1.165, 1.54) is 7.05 Å². The van der Waals surface area contributed by atoms with Gasteiger partial charge in [-0.3, -0.25) is 4.99 Å². The largest absolute Gasteiger partial charge is 0.355 e. The van der Waals surface area contributed by atoms with Gasteiger partial charge in [0.25, 0.3) is 0 Å². The molecule has 0 heterocycles. The van der Waals surface area contributed by atoms with Gasteiger partial charge in [-0.1, -0.05) is 30.3 Å². The van der Waals surface area contributed by atoms with Crippen LogP contribution in [-0.4, -0.2) is 33.7 Å². The minimum Gasteiger partial charge on any atom is -0.355 e. The van der Waals surface area contributed by atoms with E-state index in [2.05, 4.69) is 20.3 Å². The Bertz CT molecular complexity index is 874. The highest BCUT2D eigenvalue weighted by Crippen LogP contribution is 2.09. The molecule has 2 aromatic rings. The Balaban J connectivity index is 1.77. The number of nitrogens with zero attached hydrogens (tertiary/aromatic N) is 1. The number of benzene rings is 2. The van der Waals surface area contributed by atoms with E-state index in [0.717, 1.165) is 23.8 Å². The normalized spacial score (nSPS) is 12.0. The van der Waals surface area contributed by atoms with Crippen LogP contribution >= 0.6 is 0 Å². The van der Waals surface area contributed by atoms with Crippen LogP contribution in [-0.2, 0) is 23.1 Å². The van der Waals surface area contributed by atoms with Crippen molar-refractivity contribution in [3.8, 4) is 0 Å². The van der Waals surface area contributed by atoms with Crippen molar-refractivity contribution in [3.05, 3.63) is 71.3 Å². The van der Waals surface area contributed by atoms with Crippen LogP contribution in [0.15, 0.2) is 53.5 Å². The first-order chi connectivity index (χ1) is 12.9. The summed E-state index contributed by atoms with van der Waals surface area (Å²) >= 11 is 0. The van der Waals surface area contributed by atoms with Crippen molar-refractivity contribution in [1.29, 1.82) is 0 Å². The van der Waals surface area contributed by atoms with Crippen LogP contribution in [0.2, 0.25) is 0 Å². The molecular formula is C18H22F2N4O2S. The van der Waals surface area contributed by atoms with Gasteiger partial charge >= 0.3 is 0 Å². The Hall–Kier alpha value is -2.52. The van der Waals surface area contributed by atoms with Crippen LogP contribution in [0.5, 0.6) is 0 Å². The molecule has 0 atom stereocenters. The zero-order valence-corrected chi connectivity index (χ0v) is 15.7. The van der Waals surface area contributed by atoms with Gasteiger partial charge in [0, 0.05) is 32.2 Å². The maximum absolute atomic E-state index is 13.6. The van der Waals surface area contributed by atoms with Crippen molar-refractivity contribution in [2.75, 3.05) is 19.3 Å². The first kappa shape index (κ1) is 20.8. The molecule has 0 aliphatic carbocycles. The summed E-state index contributed by atoms with van der Waals surface area (Å²) < 4.78 is 53.4. The molecule has 0 saturated heterocycles. The SMILES string of the molecule is CN=C(NCCS(=O)(=O)NCc1ccccc1)NCc1cc(F)ccc1F. The number of hydrogen-bond acceptors (Lipinski definition) is 3. The lowest BCUT2D eigenvalue weighted by Crippen LogP contribution is -2.40. The summed E-state index contributed by atoms with van der Waals surface area (Å²) in [6.45, 7) is 0.340. The summed E-state index contributed by atoms with van der Waals surface area (Å²) in [5, 5.41) is 5.65. The standard InChI is InChI=1S/C18H22F2N4O2S/c1-21-18(23-13-15-11-16(19)7-8-17(15)20)22-9-10-27(25,26)24-12-14-5-3-2-4-6-14/h2-8,11,24H,9-10,12-13H2,1H3,(H2,21,22,23). The molecule has 2 rings (SSSR count). The number of hydrogen-bond donors (Lipinski definition) is 3. The van der Waals surface area contributed by atoms with Gasteiger partial charge in [0.1, 0.15) is 11.6 Å². The lowest BCUT2D eigenvalue weighted by molar-refractivity contribution is 0.578. The monoisotopic (exact) mass is 396 g/mol. The highest BCUT2D eigenvalue weighted by molar-refractivity contribution is 7.89. The summed E-state index contributed by atoms with van der Waals surface area (Å²) in [5.74, 6) is -0.940. The smallest absolute Gasteiger partial charge is 0.213 e. The number of halogens is 2. The van der Waals surface area contributed by atoms with E-state index in [0.29, 0.717) is 0 Å². The Kier molecular flexibility index (Phi) is 7.68. The third-order valence-corrected chi connectivity index (χ3v) is 5.01. The maximum Gasteiger partial charge on any atom is 0.213 e. The summed E-state index contributed by atoms with van der Waals surface area (Å²) in [4.78, 5) is 3.93. The molecule has 0 spiro atoms. The molecule has 0 aliphatic heterocycles. The molecule has 27 heavy (non-hydrogen) atoms. The maximum atomic E-state index is 13.6. The van der Waals surface area contributed by atoms with Crippen LogP contribution in [0.4, 0.5) is 8.78 Å². The first-order valence-corrected chi connectivity index (χ1v) is 9.94. The molecule has 0 aromatic heterocycles. The number of nitrogens with one attached hydrogen (secondary N) is 3. The van der Waals surface area contributed by atoms with Crippen LogP contribution in [0.3, 0.4) is 0 Å². The lowest BCUT2D eigenvalue weighted by Gasteiger charge is -2.13. The summed E-state index contributed by atoms with van der Waals surface area (Å²) in [6.07, 6.45) is 0. The van der Waals surface area contributed by atoms with Crippen molar-refractivity contribution in [1.82, 2.24) is 15.4 Å². The Morgan fingerprint density at radius 1 is 1.04 bits per heavy atom. The first-order valence-electron chi connectivity index (χ1n) is 8.29. The molecule has 0 radical (unpaired) electrons. The van der Waals surface area contributed by atoms with Crippen LogP contribution in [0, 0.1) is 11.6 Å². The number of aliphatic imine (C=N–C) groups is 1. The molecule has 146 valence electrons. The van der Waals surface area contributed by atoms with Crippen LogP contribution < -0.4 is 15.4 Å². The second kappa shape index (κ2) is 9.98. The fourth-order valence-electron chi connectivity index (χ4n) is 2.24. The van der Waals surface area contributed by atoms with E-state index in [4.69, 9.17) is 0 Å². The average Bonchev–Trinajstić information content (AvgIpc) is 2.66. The Morgan fingerprint density at radius 2 is 1.78 bits per heavy atom. The van der Waals surface area contributed by atoms with Crippen LogP contribution in [0.25, 0.3) is 0 Å². The van der Waals surface area contributed by atoms with E-state index in [1.807, 2.05) is 30.3 Å². The van der Waals surface area contributed by atoms with Gasteiger partial charge in [-0.25, -0.2) is 21.9 Å². The molecule has 2 aromatic carbocycles. The van der Waals surface area contributed by atoms with Crippen molar-refractivity contribution in [2.45, 2.75) is 13.1 Å². The minimum absolute atomic E-state index is 0.0161. The molecule has 0 amide bonds. The zero-order valence-electron chi connectivity index (χ0n) is 14.9. The summed E-state index contributed by atoms with van der Waals surface area (Å²) in [7, 11) is -1.97. The fourth-order valence-corrected chi connectivity index (χ4v) is 3.15. The molecule has 0 bridgehead atoms. The van der Waals surface area contributed by atoms with Crippen molar-refractivity contribution < 1.29 is 17.2 Å². The predicted molar refractivity (Wildman–Crippen MR) is 102 cm³/mol. The molecule has 0 aliphatic rings. The third kappa shape index (κ3) is 7.32. The summed E-state index contributed by atoms with van der Waals surface area (Å²) in [5.41, 5.74) is 1.01. The summed E-state index contributed by atoms with van der Waals surface area (Å²) in [6, 6.07) is 12.4. The van der Waals surface area contributed by atoms with E-state index in [9.17, 15) is 17.2 Å². The van der Waals surface area contributed by atoms with Crippen LogP contribution in [0.1, 0.15) is 11.1 Å². The molecule has 9 heteroatoms. The van der Waals surface area contributed by atoms with Gasteiger partial charge in [0.2, 0.25) is 10.0 Å². The van der Waals surface area contributed by atoms with Gasteiger partial charge in [-0.05, 0) is 23.8 Å². The molecule has 6 nitrogen and oxygen atoms in total. The zero-order chi connectivity index (χ0) is 19.7. The van der Waals surface area contributed by atoms with Gasteiger partial charge in [0.15, 0.2) is 5.96 Å². The highest BCUT2D eigenvalue weighted by atomic mass is 32.2. The molecule has 0 unspecified atom stereocenters. The van der Waals surface area contributed by atoms with E-state index in [-0.39, 0.29) is 36.9 Å². The average molecular weight is 396 g/mol. The second-order valence-corrected chi connectivity index (χ2v) is 7.64. The van der Waals surface area contributed by atoms with E-state index < -0.39 is 21.7 Å². The van der Waals surface area contributed by atoms with E-state index >= 15 is 0 Å². The van der Waals surface area contributed by atoms with Crippen molar-refractivity contribution in [2.24, 2.45) is 4.99 Å². The van der Waals surface area contributed by atoms with Gasteiger partial charge in [-0.2, -0.15) is 0 Å². The molecular weight excluding hydrogens is 374 g/mol. The predicted octanol–water partition coefficient (Wildman–Crippen LogP) is 1.75. The highest BCUT2D eigenvalue weighted by Gasteiger charge is 2.10. The van der Waals surface area contributed by atoms with Gasteiger partial charge < -0.3 is 10.6 Å². The molecule has 0 saturated carbocycles. The Labute approximate surface area is 157 Å². The van der Waals surface area contributed by atoms with Gasteiger partial charge in [-0.15, -0.1) is 0 Å². The minimum atomic E-state index is -3.47.